The first kappa shape index (κ1) is 8.07. The summed E-state index contributed by atoms with van der Waals surface area (Å²) >= 11 is 6.25. The van der Waals surface area contributed by atoms with Crippen molar-refractivity contribution >= 4 is 11.6 Å². The molecule has 0 radical (unpaired) electrons. The van der Waals surface area contributed by atoms with Gasteiger partial charge in [-0.15, -0.1) is 11.6 Å². The van der Waals surface area contributed by atoms with Gasteiger partial charge in [0.15, 0.2) is 0 Å². The van der Waals surface area contributed by atoms with Gasteiger partial charge in [-0.25, -0.2) is 0 Å². The average molecular weight is 204 g/mol. The quantitative estimate of drug-likeness (QED) is 0.647. The van der Waals surface area contributed by atoms with Crippen LogP contribution < -0.4 is 0 Å². The fraction of sp³-hybridized carbons (Fsp3) is 0.0769. The maximum atomic E-state index is 8.17. The zero-order valence-corrected chi connectivity index (χ0v) is 8.41. The first-order valence-electron chi connectivity index (χ1n) is 5.01. The summed E-state index contributed by atoms with van der Waals surface area (Å²) in [5.74, 6) is 0. The molecular formula is C13H11Cl. The molecule has 2 rings (SSSR count). The van der Waals surface area contributed by atoms with Crippen LogP contribution in [0.2, 0.25) is 0 Å². The van der Waals surface area contributed by atoms with E-state index < -0.39 is 5.35 Å². The molecule has 0 fully saturated rings. The van der Waals surface area contributed by atoms with E-state index in [9.17, 15) is 0 Å². The molecule has 0 saturated heterocycles. The van der Waals surface area contributed by atoms with Gasteiger partial charge in [-0.3, -0.25) is 0 Å². The van der Waals surface area contributed by atoms with Crippen molar-refractivity contribution in [1.29, 1.82) is 0 Å². The van der Waals surface area contributed by atoms with Crippen LogP contribution in [0.4, 0.5) is 0 Å². The largest absolute Gasteiger partial charge is 0.113 e. The van der Waals surface area contributed by atoms with E-state index in [4.69, 9.17) is 13.0 Å². The Morgan fingerprint density at radius 1 is 0.786 bits per heavy atom. The van der Waals surface area contributed by atoms with Crippen LogP contribution in [0, 0.1) is 0 Å². The van der Waals surface area contributed by atoms with Gasteiger partial charge in [-0.05, 0) is 11.1 Å². The Hall–Kier alpha value is -1.27. The normalized spacial score (nSPS) is 12.2. The van der Waals surface area contributed by atoms with Crippen LogP contribution in [0.1, 0.15) is 17.9 Å². The maximum absolute atomic E-state index is 8.17. The molecule has 0 unspecified atom stereocenters. The number of rotatable bonds is 2. The molecular weight excluding hydrogens is 192 g/mol. The molecule has 0 aliphatic carbocycles. The Morgan fingerprint density at radius 3 is 1.50 bits per heavy atom. The predicted molar refractivity (Wildman–Crippen MR) is 60.6 cm³/mol. The lowest BCUT2D eigenvalue weighted by Gasteiger charge is -2.09. The topological polar surface area (TPSA) is 0 Å². The summed E-state index contributed by atoms with van der Waals surface area (Å²) in [6.45, 7) is 0. The van der Waals surface area contributed by atoms with Gasteiger partial charge in [0.1, 0.15) is 0 Å². The van der Waals surface area contributed by atoms with Crippen LogP contribution in [-0.4, -0.2) is 0 Å². The molecule has 0 nitrogen and oxygen atoms in total. The van der Waals surface area contributed by atoms with Crippen molar-refractivity contribution in [3.05, 3.63) is 71.8 Å². The second kappa shape index (κ2) is 4.30. The molecule has 0 bridgehead atoms. The fourth-order valence-electron chi connectivity index (χ4n) is 1.34. The van der Waals surface area contributed by atoms with Crippen LogP contribution in [-0.2, 0) is 0 Å². The molecule has 0 aromatic heterocycles. The van der Waals surface area contributed by atoms with Crippen LogP contribution in [0.25, 0.3) is 0 Å². The van der Waals surface area contributed by atoms with Gasteiger partial charge in [0.25, 0.3) is 0 Å². The molecule has 0 atom stereocenters. The highest BCUT2D eigenvalue weighted by Crippen LogP contribution is 2.27. The third-order valence-electron chi connectivity index (χ3n) is 2.05. The van der Waals surface area contributed by atoms with Crippen molar-refractivity contribution in [1.82, 2.24) is 0 Å². The maximum Gasteiger partial charge on any atom is 0.0835 e. The van der Waals surface area contributed by atoms with Crippen LogP contribution in [0.3, 0.4) is 0 Å². The lowest BCUT2D eigenvalue weighted by Crippen LogP contribution is -1.91. The molecule has 0 spiro atoms. The van der Waals surface area contributed by atoms with E-state index in [1.807, 2.05) is 60.7 Å². The molecule has 0 aliphatic rings. The molecule has 14 heavy (non-hydrogen) atoms. The molecule has 0 saturated carbocycles. The summed E-state index contributed by atoms with van der Waals surface area (Å²) < 4.78 is 8.17. The number of hydrogen-bond donors (Lipinski definition) is 0. The summed E-state index contributed by atoms with van der Waals surface area (Å²) in [6.07, 6.45) is 0. The van der Waals surface area contributed by atoms with E-state index in [2.05, 4.69) is 0 Å². The molecule has 0 heterocycles. The van der Waals surface area contributed by atoms with Gasteiger partial charge in [-0.1, -0.05) is 60.7 Å². The minimum absolute atomic E-state index is 0.790. The van der Waals surface area contributed by atoms with Crippen molar-refractivity contribution in [3.8, 4) is 0 Å². The standard InChI is InChI=1S/C13H11Cl/c14-13(11-7-3-1-4-8-11)12-9-5-2-6-10-12/h1-10,13H/i13D. The van der Waals surface area contributed by atoms with Crippen LogP contribution >= 0.6 is 11.6 Å². The lowest BCUT2D eigenvalue weighted by molar-refractivity contribution is 1.14. The number of alkyl halides is 1. The Labute approximate surface area is 90.6 Å². The first-order valence-corrected chi connectivity index (χ1v) is 4.89. The van der Waals surface area contributed by atoms with E-state index in [-0.39, 0.29) is 0 Å². The van der Waals surface area contributed by atoms with Crippen molar-refractivity contribution in [2.45, 2.75) is 5.35 Å². The Bertz CT molecular complexity index is 381. The van der Waals surface area contributed by atoms with Gasteiger partial charge in [0, 0.05) is 0 Å². The SMILES string of the molecule is [2H]C(Cl)(c1ccccc1)c1ccccc1. The smallest absolute Gasteiger partial charge is 0.0835 e. The third-order valence-corrected chi connectivity index (χ3v) is 2.49. The van der Waals surface area contributed by atoms with Gasteiger partial charge < -0.3 is 0 Å². The average Bonchev–Trinajstić information content (AvgIpc) is 2.31. The van der Waals surface area contributed by atoms with Crippen molar-refractivity contribution in [2.24, 2.45) is 0 Å². The lowest BCUT2D eigenvalue weighted by atomic mass is 10.0. The minimum atomic E-state index is -1.19. The number of hydrogen-bond acceptors (Lipinski definition) is 0. The predicted octanol–water partition coefficient (Wildman–Crippen LogP) is 4.01. The molecule has 0 N–H and O–H groups in total. The summed E-state index contributed by atoms with van der Waals surface area (Å²) in [5.41, 5.74) is 1.58. The van der Waals surface area contributed by atoms with E-state index >= 15 is 0 Å². The molecule has 0 aliphatic heterocycles. The molecule has 2 aromatic rings. The van der Waals surface area contributed by atoms with Gasteiger partial charge in [-0.2, -0.15) is 0 Å². The minimum Gasteiger partial charge on any atom is -0.113 e. The zero-order valence-electron chi connectivity index (χ0n) is 8.65. The van der Waals surface area contributed by atoms with Gasteiger partial charge in [0.2, 0.25) is 0 Å². The highest BCUT2D eigenvalue weighted by atomic mass is 35.5. The van der Waals surface area contributed by atoms with E-state index in [0.29, 0.717) is 0 Å². The summed E-state index contributed by atoms with van der Waals surface area (Å²) in [4.78, 5) is 0. The van der Waals surface area contributed by atoms with E-state index in [0.717, 1.165) is 11.1 Å². The van der Waals surface area contributed by atoms with Crippen LogP contribution in [0.5, 0.6) is 0 Å². The molecule has 70 valence electrons. The molecule has 2 aromatic carbocycles. The van der Waals surface area contributed by atoms with Crippen LogP contribution in [0.15, 0.2) is 60.7 Å². The van der Waals surface area contributed by atoms with Crippen molar-refractivity contribution < 1.29 is 1.37 Å². The number of halogens is 1. The number of benzene rings is 2. The second-order valence-corrected chi connectivity index (χ2v) is 3.42. The Kier molecular flexibility index (Phi) is 2.48. The Morgan fingerprint density at radius 2 is 1.14 bits per heavy atom. The first-order chi connectivity index (χ1) is 7.21. The summed E-state index contributed by atoms with van der Waals surface area (Å²) in [7, 11) is 0. The fourth-order valence-corrected chi connectivity index (χ4v) is 1.59. The van der Waals surface area contributed by atoms with E-state index in [1.165, 1.54) is 0 Å². The summed E-state index contributed by atoms with van der Waals surface area (Å²) in [5, 5.41) is -1.19. The van der Waals surface area contributed by atoms with Gasteiger partial charge >= 0.3 is 0 Å². The van der Waals surface area contributed by atoms with E-state index in [1.54, 1.807) is 0 Å². The zero-order chi connectivity index (χ0) is 10.7. The second-order valence-electron chi connectivity index (χ2n) is 3.05. The monoisotopic (exact) mass is 203 g/mol. The Balaban J connectivity index is 2.44. The highest BCUT2D eigenvalue weighted by Gasteiger charge is 2.08. The molecule has 1 heteroatoms. The molecule has 0 amide bonds. The van der Waals surface area contributed by atoms with Gasteiger partial charge in [0.05, 0.1) is 6.72 Å². The van der Waals surface area contributed by atoms with Crippen molar-refractivity contribution in [3.63, 3.8) is 0 Å². The summed E-state index contributed by atoms with van der Waals surface area (Å²) in [6, 6.07) is 18.9. The highest BCUT2D eigenvalue weighted by molar-refractivity contribution is 6.22. The van der Waals surface area contributed by atoms with Crippen molar-refractivity contribution in [2.75, 3.05) is 0 Å². The third kappa shape index (κ3) is 1.97.